The fraction of sp³-hybridized carbons (Fsp3) is 0.261. The van der Waals surface area contributed by atoms with Gasteiger partial charge in [-0.05, 0) is 49.5 Å². The highest BCUT2D eigenvalue weighted by molar-refractivity contribution is 7.80. The molecule has 9 heteroatoms. The second kappa shape index (κ2) is 7.65. The predicted molar refractivity (Wildman–Crippen MR) is 123 cm³/mol. The number of fused-ring (bicyclic) bond motifs is 5. The smallest absolute Gasteiger partial charge is 0.241 e. The van der Waals surface area contributed by atoms with Crippen molar-refractivity contribution in [2.45, 2.75) is 18.6 Å². The lowest BCUT2D eigenvalue weighted by molar-refractivity contribution is -0.126. The van der Waals surface area contributed by atoms with Gasteiger partial charge in [-0.1, -0.05) is 41.4 Å². The number of ether oxygens (including phenoxy) is 1. The van der Waals surface area contributed by atoms with Gasteiger partial charge >= 0.3 is 0 Å². The van der Waals surface area contributed by atoms with E-state index in [1.54, 1.807) is 12.1 Å². The Morgan fingerprint density at radius 2 is 1.97 bits per heavy atom. The molecule has 0 radical (unpaired) electrons. The quantitative estimate of drug-likeness (QED) is 0.403. The van der Waals surface area contributed by atoms with Gasteiger partial charge in [0.15, 0.2) is 5.11 Å². The van der Waals surface area contributed by atoms with Gasteiger partial charge in [-0.3, -0.25) is 9.59 Å². The average Bonchev–Trinajstić information content (AvgIpc) is 3.41. The van der Waals surface area contributed by atoms with Crippen molar-refractivity contribution < 1.29 is 18.7 Å². The Morgan fingerprint density at radius 3 is 2.69 bits per heavy atom. The normalized spacial score (nSPS) is 27.7. The second-order valence-electron chi connectivity index (χ2n) is 8.18. The van der Waals surface area contributed by atoms with E-state index in [-0.39, 0.29) is 28.5 Å². The molecule has 2 fully saturated rings. The fourth-order valence-electron chi connectivity index (χ4n) is 4.62. The average molecular weight is 472 g/mol. The summed E-state index contributed by atoms with van der Waals surface area (Å²) < 4.78 is 19.5. The van der Waals surface area contributed by atoms with Crippen LogP contribution >= 0.6 is 23.8 Å². The summed E-state index contributed by atoms with van der Waals surface area (Å²) in [4.78, 5) is 27.8. The van der Waals surface area contributed by atoms with Gasteiger partial charge in [0.2, 0.25) is 11.8 Å². The Morgan fingerprint density at radius 1 is 1.22 bits per heavy atom. The van der Waals surface area contributed by atoms with E-state index >= 15 is 0 Å². The Hall–Kier alpha value is -2.81. The first-order chi connectivity index (χ1) is 15.3. The van der Waals surface area contributed by atoms with Crippen molar-refractivity contribution in [3.63, 3.8) is 0 Å². The first-order valence-electron chi connectivity index (χ1n) is 10.1. The van der Waals surface area contributed by atoms with E-state index in [2.05, 4.69) is 10.6 Å². The minimum Gasteiger partial charge on any atom is -0.360 e. The Labute approximate surface area is 194 Å². The highest BCUT2D eigenvalue weighted by Gasteiger charge is 2.67. The van der Waals surface area contributed by atoms with Gasteiger partial charge in [-0.15, -0.1) is 0 Å². The first kappa shape index (κ1) is 21.1. The summed E-state index contributed by atoms with van der Waals surface area (Å²) >= 11 is 11.2. The van der Waals surface area contributed by atoms with E-state index < -0.39 is 29.4 Å². The number of rotatable bonds is 4. The highest BCUT2D eigenvalue weighted by atomic mass is 35.5. The number of hydrogen-bond donors (Lipinski definition) is 2. The molecule has 4 atom stereocenters. The molecule has 2 aromatic carbocycles. The summed E-state index contributed by atoms with van der Waals surface area (Å²) in [6.07, 6.45) is 3.22. The number of thiocarbonyl (C=S) groups is 1. The molecule has 2 amide bonds. The van der Waals surface area contributed by atoms with Gasteiger partial charge in [0.25, 0.3) is 0 Å². The van der Waals surface area contributed by atoms with Crippen molar-refractivity contribution in [2.24, 2.45) is 11.8 Å². The van der Waals surface area contributed by atoms with E-state index in [4.69, 9.17) is 28.6 Å². The largest absolute Gasteiger partial charge is 0.360 e. The molecule has 5 rings (SSSR count). The molecule has 2 saturated heterocycles. The number of carbonyl (C=O) groups is 2. The number of anilines is 2. The summed E-state index contributed by atoms with van der Waals surface area (Å²) in [6, 6.07) is 11.5. The van der Waals surface area contributed by atoms with Crippen LogP contribution in [-0.4, -0.2) is 35.2 Å². The number of carbonyl (C=O) groups excluding carboxylic acids is 2. The Bertz CT molecular complexity index is 1170. The maximum atomic E-state index is 13.4. The number of nitrogens with one attached hydrogen (secondary N) is 2. The number of nitrogens with zero attached hydrogens (tertiary/aromatic N) is 1. The molecule has 0 aromatic heterocycles. The number of benzene rings is 2. The fourth-order valence-corrected chi connectivity index (χ4v) is 4.99. The van der Waals surface area contributed by atoms with Gasteiger partial charge < -0.3 is 15.4 Å². The van der Waals surface area contributed by atoms with Crippen molar-refractivity contribution in [1.82, 2.24) is 5.32 Å². The summed E-state index contributed by atoms with van der Waals surface area (Å²) in [6.45, 7) is 2.14. The second-order valence-corrected chi connectivity index (χ2v) is 9.00. The van der Waals surface area contributed by atoms with Crippen LogP contribution in [0.4, 0.5) is 15.8 Å². The number of halogens is 2. The van der Waals surface area contributed by atoms with Crippen LogP contribution in [0.3, 0.4) is 0 Å². The van der Waals surface area contributed by atoms with E-state index in [9.17, 15) is 14.0 Å². The van der Waals surface area contributed by atoms with Crippen molar-refractivity contribution in [3.8, 4) is 0 Å². The van der Waals surface area contributed by atoms with Crippen LogP contribution in [0.15, 0.2) is 54.6 Å². The van der Waals surface area contributed by atoms with Crippen LogP contribution in [-0.2, 0) is 14.3 Å². The van der Waals surface area contributed by atoms with E-state index in [1.165, 1.54) is 23.1 Å². The topological polar surface area (TPSA) is 70.7 Å². The zero-order valence-corrected chi connectivity index (χ0v) is 18.5. The molecule has 0 unspecified atom stereocenters. The molecule has 2 N–H and O–H groups in total. The number of aryl methyl sites for hydroxylation is 1. The van der Waals surface area contributed by atoms with Gasteiger partial charge in [0.05, 0.1) is 35.2 Å². The molecule has 3 aliphatic heterocycles. The number of hydrogen-bond acceptors (Lipinski definition) is 4. The zero-order chi connectivity index (χ0) is 22.6. The Balaban J connectivity index is 1.32. The maximum Gasteiger partial charge on any atom is 0.241 e. The molecule has 0 aliphatic carbocycles. The third-order valence-corrected chi connectivity index (χ3v) is 6.69. The molecule has 2 bridgehead atoms. The van der Waals surface area contributed by atoms with Crippen LogP contribution in [0.5, 0.6) is 0 Å². The van der Waals surface area contributed by atoms with Crippen LogP contribution in [0, 0.1) is 24.6 Å². The molecule has 3 heterocycles. The summed E-state index contributed by atoms with van der Waals surface area (Å²) in [5.41, 5.74) is 1.15. The number of amides is 2. The molecule has 2 aromatic rings. The summed E-state index contributed by atoms with van der Waals surface area (Å²) in [7, 11) is 0. The lowest BCUT2D eigenvalue weighted by Crippen LogP contribution is -2.49. The minimum absolute atomic E-state index is 0.0220. The summed E-state index contributed by atoms with van der Waals surface area (Å²) in [5, 5.41) is 6.24. The van der Waals surface area contributed by atoms with E-state index in [1.807, 2.05) is 31.2 Å². The molecule has 3 aliphatic rings. The third-order valence-electron chi connectivity index (χ3n) is 6.15. The summed E-state index contributed by atoms with van der Waals surface area (Å²) in [5.74, 6) is -2.25. The van der Waals surface area contributed by atoms with Crippen molar-refractivity contribution >= 4 is 52.1 Å². The van der Waals surface area contributed by atoms with Gasteiger partial charge in [-0.25, -0.2) is 9.29 Å². The van der Waals surface area contributed by atoms with Crippen molar-refractivity contribution in [1.29, 1.82) is 0 Å². The molecule has 6 nitrogen and oxygen atoms in total. The van der Waals surface area contributed by atoms with Crippen LogP contribution in [0.25, 0.3) is 0 Å². The van der Waals surface area contributed by atoms with Crippen molar-refractivity contribution in [3.05, 3.63) is 71.0 Å². The van der Waals surface area contributed by atoms with Crippen LogP contribution < -0.4 is 15.5 Å². The van der Waals surface area contributed by atoms with Crippen molar-refractivity contribution in [2.75, 3.05) is 16.8 Å². The lowest BCUT2D eigenvalue weighted by Gasteiger charge is -2.29. The lowest BCUT2D eigenvalue weighted by atomic mass is 9.77. The van der Waals surface area contributed by atoms with Crippen LogP contribution in [0.2, 0.25) is 5.02 Å². The first-order valence-corrected chi connectivity index (χ1v) is 10.9. The van der Waals surface area contributed by atoms with E-state index in [0.29, 0.717) is 11.4 Å². The van der Waals surface area contributed by atoms with Gasteiger partial charge in [0, 0.05) is 5.69 Å². The van der Waals surface area contributed by atoms with Gasteiger partial charge in [0.1, 0.15) is 11.4 Å². The zero-order valence-electron chi connectivity index (χ0n) is 17.0. The Kier molecular flexibility index (Phi) is 5.03. The minimum atomic E-state index is -0.978. The maximum absolute atomic E-state index is 13.4. The molecule has 0 saturated carbocycles. The monoisotopic (exact) mass is 471 g/mol. The van der Waals surface area contributed by atoms with Gasteiger partial charge in [-0.2, -0.15) is 0 Å². The third kappa shape index (κ3) is 3.30. The standard InChI is InChI=1S/C23H19ClFN3O3S/c1-12-2-5-14(6-3-12)28-20(29)18-17-8-9-23(31-17,19(18)21(28)30)11-26-22(32)27-13-4-7-16(25)15(24)10-13/h2-10,17-19H,11H2,1H3,(H2,26,27,32)/t17-,18-,19-,23+/m1/s1. The van der Waals surface area contributed by atoms with E-state index in [0.717, 1.165) is 5.56 Å². The predicted octanol–water partition coefficient (Wildman–Crippen LogP) is 3.59. The number of imide groups is 1. The SMILES string of the molecule is Cc1ccc(N2C(=O)[C@@H]3[C@H]4C=C[C@@](CNC(=S)Nc5ccc(F)c(Cl)c5)(O4)[C@H]3C2=O)cc1. The van der Waals surface area contributed by atoms with Crippen LogP contribution in [0.1, 0.15) is 5.56 Å². The molecular weight excluding hydrogens is 453 g/mol. The highest BCUT2D eigenvalue weighted by Crippen LogP contribution is 2.52. The molecular formula is C23H19ClFN3O3S. The molecule has 0 spiro atoms. The molecule has 32 heavy (non-hydrogen) atoms. The molecule has 164 valence electrons.